The molecule has 0 fully saturated rings. The number of halogens is 1. The van der Waals surface area contributed by atoms with Gasteiger partial charge in [0, 0.05) is 10.4 Å². The molecular formula is C23H15ClN2O3. The van der Waals surface area contributed by atoms with Crippen molar-refractivity contribution in [2.24, 2.45) is 0 Å². The fourth-order valence-electron chi connectivity index (χ4n) is 3.10. The highest BCUT2D eigenvalue weighted by atomic mass is 35.5. The Morgan fingerprint density at radius 1 is 0.966 bits per heavy atom. The number of nitrogens with one attached hydrogen (secondary N) is 1. The number of nitriles is 1. The molecule has 29 heavy (non-hydrogen) atoms. The van der Waals surface area contributed by atoms with Gasteiger partial charge in [-0.15, -0.1) is 0 Å². The monoisotopic (exact) mass is 402 g/mol. The Morgan fingerprint density at radius 3 is 2.55 bits per heavy atom. The maximum atomic E-state index is 12.9. The van der Waals surface area contributed by atoms with Crippen LogP contribution in [-0.2, 0) is 0 Å². The van der Waals surface area contributed by atoms with E-state index >= 15 is 0 Å². The quantitative estimate of drug-likeness (QED) is 0.475. The van der Waals surface area contributed by atoms with Gasteiger partial charge in [-0.2, -0.15) is 5.26 Å². The Bertz CT molecular complexity index is 1280. The SMILES string of the molecule is N#CCOc1c(-c2cccc(Oc3ccccc3)c2)c(=O)[nH]c2cc(Cl)ccc12. The van der Waals surface area contributed by atoms with E-state index in [0.717, 1.165) is 0 Å². The number of aromatic amines is 1. The zero-order chi connectivity index (χ0) is 20.2. The van der Waals surface area contributed by atoms with E-state index < -0.39 is 0 Å². The van der Waals surface area contributed by atoms with Gasteiger partial charge in [0.15, 0.2) is 6.61 Å². The van der Waals surface area contributed by atoms with Crippen LogP contribution in [0.25, 0.3) is 22.0 Å². The van der Waals surface area contributed by atoms with Crippen LogP contribution in [0.2, 0.25) is 5.02 Å². The first-order valence-electron chi connectivity index (χ1n) is 8.84. The minimum atomic E-state index is -0.343. The molecule has 0 unspecified atom stereocenters. The van der Waals surface area contributed by atoms with E-state index in [9.17, 15) is 4.79 Å². The summed E-state index contributed by atoms with van der Waals surface area (Å²) in [6.07, 6.45) is 0. The molecule has 1 aromatic heterocycles. The highest BCUT2D eigenvalue weighted by Gasteiger charge is 2.17. The van der Waals surface area contributed by atoms with Crippen LogP contribution in [0.5, 0.6) is 17.2 Å². The summed E-state index contributed by atoms with van der Waals surface area (Å²) in [6, 6.07) is 23.6. The highest BCUT2D eigenvalue weighted by molar-refractivity contribution is 6.31. The molecule has 4 rings (SSSR count). The van der Waals surface area contributed by atoms with Crippen LogP contribution in [0.4, 0.5) is 0 Å². The van der Waals surface area contributed by atoms with E-state index in [4.69, 9.17) is 26.3 Å². The average Bonchev–Trinajstić information content (AvgIpc) is 2.72. The molecule has 0 atom stereocenters. The summed E-state index contributed by atoms with van der Waals surface area (Å²) >= 11 is 6.05. The number of ether oxygens (including phenoxy) is 2. The minimum Gasteiger partial charge on any atom is -0.477 e. The second kappa shape index (κ2) is 8.09. The molecule has 3 aromatic carbocycles. The van der Waals surface area contributed by atoms with Gasteiger partial charge in [0.1, 0.15) is 23.3 Å². The summed E-state index contributed by atoms with van der Waals surface area (Å²) in [5.74, 6) is 1.60. The lowest BCUT2D eigenvalue weighted by Gasteiger charge is -2.13. The fourth-order valence-corrected chi connectivity index (χ4v) is 3.27. The van der Waals surface area contributed by atoms with Crippen LogP contribution in [0, 0.1) is 11.3 Å². The second-order valence-electron chi connectivity index (χ2n) is 6.24. The number of nitrogens with zero attached hydrogens (tertiary/aromatic N) is 1. The van der Waals surface area contributed by atoms with E-state index in [0.29, 0.717) is 44.3 Å². The number of rotatable bonds is 5. The van der Waals surface area contributed by atoms with E-state index in [-0.39, 0.29) is 12.2 Å². The van der Waals surface area contributed by atoms with Gasteiger partial charge in [0.2, 0.25) is 0 Å². The number of hydrogen-bond acceptors (Lipinski definition) is 4. The number of aromatic nitrogens is 1. The van der Waals surface area contributed by atoms with Gasteiger partial charge in [-0.05, 0) is 48.0 Å². The fraction of sp³-hybridized carbons (Fsp3) is 0.0435. The van der Waals surface area contributed by atoms with Crippen LogP contribution in [0.1, 0.15) is 0 Å². The molecule has 1 heterocycles. The smallest absolute Gasteiger partial charge is 0.260 e. The van der Waals surface area contributed by atoms with Crippen molar-refractivity contribution in [3.63, 3.8) is 0 Å². The molecular weight excluding hydrogens is 388 g/mol. The summed E-state index contributed by atoms with van der Waals surface area (Å²) in [7, 11) is 0. The first kappa shape index (κ1) is 18.6. The third kappa shape index (κ3) is 3.93. The molecule has 0 aliphatic heterocycles. The standard InChI is InChI=1S/C23H15ClN2O3/c24-16-9-10-19-20(14-16)26-23(27)21(22(19)28-12-11-25)15-5-4-8-18(13-15)29-17-6-2-1-3-7-17/h1-10,13-14H,12H2,(H,26,27). The van der Waals surface area contributed by atoms with E-state index in [1.165, 1.54) is 0 Å². The second-order valence-corrected chi connectivity index (χ2v) is 6.67. The molecule has 4 aromatic rings. The van der Waals surface area contributed by atoms with Gasteiger partial charge < -0.3 is 14.5 Å². The normalized spacial score (nSPS) is 10.5. The Balaban J connectivity index is 1.86. The molecule has 0 bridgehead atoms. The molecule has 0 radical (unpaired) electrons. The Labute approximate surface area is 171 Å². The van der Waals surface area contributed by atoms with Crippen molar-refractivity contribution < 1.29 is 9.47 Å². The first-order valence-corrected chi connectivity index (χ1v) is 9.22. The Hall–Kier alpha value is -3.75. The summed E-state index contributed by atoms with van der Waals surface area (Å²) < 4.78 is 11.5. The molecule has 0 aliphatic rings. The molecule has 0 amide bonds. The van der Waals surface area contributed by atoms with Crippen molar-refractivity contribution in [3.8, 4) is 34.4 Å². The van der Waals surface area contributed by atoms with Crippen molar-refractivity contribution in [2.45, 2.75) is 0 Å². The topological polar surface area (TPSA) is 75.1 Å². The number of benzene rings is 3. The summed E-state index contributed by atoms with van der Waals surface area (Å²) in [5, 5.41) is 10.1. The average molecular weight is 403 g/mol. The minimum absolute atomic E-state index is 0.186. The predicted molar refractivity (Wildman–Crippen MR) is 113 cm³/mol. The van der Waals surface area contributed by atoms with Crippen molar-refractivity contribution in [3.05, 3.63) is 88.2 Å². The maximum Gasteiger partial charge on any atom is 0.260 e. The summed E-state index contributed by atoms with van der Waals surface area (Å²) in [4.78, 5) is 15.7. The lowest BCUT2D eigenvalue weighted by molar-refractivity contribution is 0.373. The van der Waals surface area contributed by atoms with Gasteiger partial charge in [-0.3, -0.25) is 4.79 Å². The first-order chi connectivity index (χ1) is 14.2. The van der Waals surface area contributed by atoms with Crippen molar-refractivity contribution >= 4 is 22.5 Å². The molecule has 142 valence electrons. The third-order valence-corrected chi connectivity index (χ3v) is 4.55. The molecule has 0 saturated carbocycles. The Morgan fingerprint density at radius 2 is 1.76 bits per heavy atom. The van der Waals surface area contributed by atoms with E-state index in [1.807, 2.05) is 36.4 Å². The highest BCUT2D eigenvalue weighted by Crippen LogP contribution is 2.36. The largest absolute Gasteiger partial charge is 0.477 e. The zero-order valence-electron chi connectivity index (χ0n) is 15.2. The Kier molecular flexibility index (Phi) is 5.19. The predicted octanol–water partition coefficient (Wildman–Crippen LogP) is 5.54. The molecule has 0 spiro atoms. The van der Waals surface area contributed by atoms with Crippen LogP contribution in [-0.4, -0.2) is 11.6 Å². The number of H-pyrrole nitrogens is 1. The maximum absolute atomic E-state index is 12.9. The van der Waals surface area contributed by atoms with Crippen molar-refractivity contribution in [2.75, 3.05) is 6.61 Å². The molecule has 0 saturated heterocycles. The van der Waals surface area contributed by atoms with Gasteiger partial charge in [0.25, 0.3) is 5.56 Å². The van der Waals surface area contributed by atoms with Crippen LogP contribution in [0.3, 0.4) is 0 Å². The van der Waals surface area contributed by atoms with Crippen LogP contribution >= 0.6 is 11.6 Å². The molecule has 6 heteroatoms. The molecule has 5 nitrogen and oxygen atoms in total. The van der Waals surface area contributed by atoms with Gasteiger partial charge in [0.05, 0.1) is 11.1 Å². The number of fused-ring (bicyclic) bond motifs is 1. The molecule has 0 aliphatic carbocycles. The molecule has 1 N–H and O–H groups in total. The van der Waals surface area contributed by atoms with Gasteiger partial charge >= 0.3 is 0 Å². The number of para-hydroxylation sites is 1. The zero-order valence-corrected chi connectivity index (χ0v) is 15.9. The summed E-state index contributed by atoms with van der Waals surface area (Å²) in [6.45, 7) is -0.186. The lowest BCUT2D eigenvalue weighted by atomic mass is 10.0. The van der Waals surface area contributed by atoms with Crippen molar-refractivity contribution in [1.82, 2.24) is 4.98 Å². The third-order valence-electron chi connectivity index (χ3n) is 4.31. The van der Waals surface area contributed by atoms with Gasteiger partial charge in [-0.1, -0.05) is 41.9 Å². The van der Waals surface area contributed by atoms with Gasteiger partial charge in [-0.25, -0.2) is 0 Å². The number of hydrogen-bond donors (Lipinski definition) is 1. The summed E-state index contributed by atoms with van der Waals surface area (Å²) in [5.41, 5.74) is 1.14. The van der Waals surface area contributed by atoms with Crippen molar-refractivity contribution in [1.29, 1.82) is 5.26 Å². The lowest BCUT2D eigenvalue weighted by Crippen LogP contribution is -2.12. The van der Waals surface area contributed by atoms with E-state index in [1.54, 1.807) is 42.5 Å². The van der Waals surface area contributed by atoms with E-state index in [2.05, 4.69) is 4.98 Å². The van der Waals surface area contributed by atoms with Crippen LogP contribution < -0.4 is 15.0 Å². The van der Waals surface area contributed by atoms with Crippen LogP contribution in [0.15, 0.2) is 77.6 Å². The number of pyridine rings is 1.